The molecule has 6 heteroatoms. The van der Waals surface area contributed by atoms with Crippen LogP contribution in [0.1, 0.15) is 0 Å². The molecule has 0 heterocycles. The second-order valence-corrected chi connectivity index (χ2v) is 0. The van der Waals surface area contributed by atoms with Crippen molar-refractivity contribution in [3.63, 3.8) is 0 Å². The van der Waals surface area contributed by atoms with Gasteiger partial charge < -0.3 is 21.9 Å². The first-order chi connectivity index (χ1) is 0. The topological polar surface area (TPSA) is 126 Å². The fourth-order valence-electron chi connectivity index (χ4n) is 0. The zero-order valence-corrected chi connectivity index (χ0v) is 7.12. The van der Waals surface area contributed by atoms with Crippen LogP contribution in [0.5, 0.6) is 0 Å². The van der Waals surface area contributed by atoms with Crippen molar-refractivity contribution in [2.75, 3.05) is 0 Å². The molecule has 0 rings (SSSR count). The first-order valence-electron chi connectivity index (χ1n) is 0. The van der Waals surface area contributed by atoms with Gasteiger partial charge in [0.2, 0.25) is 0 Å². The van der Waals surface area contributed by atoms with E-state index in [0.29, 0.717) is 0 Å². The van der Waals surface area contributed by atoms with Crippen LogP contribution in [0.2, 0.25) is 0 Å². The molecule has 41 valence electrons. The molecule has 0 spiro atoms. The zero-order chi connectivity index (χ0) is 0. The molecule has 0 bridgehead atoms. The van der Waals surface area contributed by atoms with Gasteiger partial charge in [-0.15, -0.1) is 0 Å². The Kier molecular flexibility index (Phi) is 3190. The molecule has 0 saturated heterocycles. The molecule has 4 nitrogen and oxygen atoms in total. The number of hydrogen-bond donors (Lipinski definition) is 0. The van der Waals surface area contributed by atoms with Crippen molar-refractivity contribution in [3.8, 4) is 0 Å². The van der Waals surface area contributed by atoms with E-state index in [1.165, 1.54) is 0 Å². The van der Waals surface area contributed by atoms with Gasteiger partial charge in [-0.05, 0) is 0 Å². The van der Waals surface area contributed by atoms with Crippen molar-refractivity contribution in [2.24, 2.45) is 0 Å². The minimum atomic E-state index is 0. The van der Waals surface area contributed by atoms with E-state index in [2.05, 4.69) is 0 Å². The Hall–Kier alpha value is 1.27. The molecule has 0 aromatic carbocycles. The molecule has 1 radical (unpaired) electrons. The van der Waals surface area contributed by atoms with Gasteiger partial charge in [0.25, 0.3) is 0 Å². The summed E-state index contributed by atoms with van der Waals surface area (Å²) < 4.78 is 0. The van der Waals surface area contributed by atoms with Crippen LogP contribution in [-0.2, 0) is 0 Å². The van der Waals surface area contributed by atoms with Crippen LogP contribution >= 0.6 is 9.90 Å². The van der Waals surface area contributed by atoms with Gasteiger partial charge in [0.05, 0.1) is 0 Å². The van der Waals surface area contributed by atoms with Gasteiger partial charge >= 0.3 is 0 Å². The predicted octanol–water partition coefficient (Wildman–Crippen LogP) is -3.62. The molecule has 1 atom stereocenters. The predicted molar refractivity (Wildman–Crippen MR) is 31.3 cm³/mol. The molecule has 0 saturated carbocycles. The van der Waals surface area contributed by atoms with E-state index in [0.717, 1.165) is 0 Å². The van der Waals surface area contributed by atoms with Crippen LogP contribution in [0, 0.1) is 0 Å². The second-order valence-electron chi connectivity index (χ2n) is 0. The van der Waals surface area contributed by atoms with E-state index in [1.807, 2.05) is 0 Å². The van der Waals surface area contributed by atoms with Crippen LogP contribution < -0.4 is 0 Å². The summed E-state index contributed by atoms with van der Waals surface area (Å²) in [5.74, 6) is 0. The number of rotatable bonds is 0. The van der Waals surface area contributed by atoms with Crippen LogP contribution in [-0.4, -0.2) is 51.5 Å². The summed E-state index contributed by atoms with van der Waals surface area (Å²) >= 11 is 0. The van der Waals surface area contributed by atoms with Crippen molar-refractivity contribution in [1.29, 1.82) is 0 Å². The van der Waals surface area contributed by atoms with E-state index in [4.69, 9.17) is 0 Å². The molecule has 0 aliphatic heterocycles. The first-order valence-corrected chi connectivity index (χ1v) is 0. The van der Waals surface area contributed by atoms with Crippen molar-refractivity contribution in [2.45, 2.75) is 0 Å². The summed E-state index contributed by atoms with van der Waals surface area (Å²) in [6, 6.07) is 0. The summed E-state index contributed by atoms with van der Waals surface area (Å²) in [5, 5.41) is 0. The summed E-state index contributed by atoms with van der Waals surface area (Å²) in [6.45, 7) is 0. The Morgan fingerprint density at radius 3 is 0.500 bits per heavy atom. The van der Waals surface area contributed by atoms with E-state index >= 15 is 0 Å². The average molecular weight is 129 g/mol. The third kappa shape index (κ3) is 59.6. The maximum atomic E-state index is 0. The second kappa shape index (κ2) is 108. The summed E-state index contributed by atoms with van der Waals surface area (Å²) in [4.78, 5) is 0. The third-order valence-electron chi connectivity index (χ3n) is 0. The van der Waals surface area contributed by atoms with Gasteiger partial charge in [0, 0.05) is 29.6 Å². The maximum absolute atomic E-state index is 0. The molecule has 0 fully saturated rings. The Bertz CT molecular complexity index is 7.51. The van der Waals surface area contributed by atoms with Gasteiger partial charge in [-0.1, -0.05) is 0 Å². The fraction of sp³-hybridized carbons (Fsp3) is 0. The third-order valence-corrected chi connectivity index (χ3v) is 0. The van der Waals surface area contributed by atoms with Crippen molar-refractivity contribution in [3.05, 3.63) is 0 Å². The molecular weight excluding hydrogens is 118 g/mol. The van der Waals surface area contributed by atoms with Gasteiger partial charge in [-0.25, -0.2) is 0 Å². The summed E-state index contributed by atoms with van der Waals surface area (Å²) in [7, 11) is 0. The van der Waals surface area contributed by atoms with Crippen LogP contribution in [0.4, 0.5) is 0 Å². The van der Waals surface area contributed by atoms with E-state index in [9.17, 15) is 0 Å². The molecule has 0 amide bonds. The maximum Gasteiger partial charge on any atom is 0 e. The quantitative estimate of drug-likeness (QED) is 0.236. The smallest absolute Gasteiger partial charge is 0 e. The normalized spacial score (nSPS) is 0. The molecule has 6 heavy (non-hydrogen) atoms. The fourth-order valence-corrected chi connectivity index (χ4v) is 0. The largest absolute Gasteiger partial charge is 0.412 e. The van der Waals surface area contributed by atoms with Crippen LogP contribution in [0.15, 0.2) is 0 Å². The molecule has 0 aliphatic carbocycles. The molecule has 0 aromatic rings. The van der Waals surface area contributed by atoms with E-state index in [-0.39, 0.29) is 61.4 Å². The first kappa shape index (κ1) is 177. The zero-order valence-electron chi connectivity index (χ0n) is 3.71. The Balaban J connectivity index is 0. The standard InChI is InChI=1S/Na.4H2O.H3P/h;4*1H2;1H3. The van der Waals surface area contributed by atoms with Gasteiger partial charge in [0.1, 0.15) is 0 Å². The van der Waals surface area contributed by atoms with Crippen molar-refractivity contribution < 1.29 is 21.9 Å². The van der Waals surface area contributed by atoms with E-state index in [1.54, 1.807) is 0 Å². The van der Waals surface area contributed by atoms with E-state index < -0.39 is 0 Å². The van der Waals surface area contributed by atoms with Gasteiger partial charge in [0.15, 0.2) is 0 Å². The molecular formula is H11NaO4P. The molecule has 1 unspecified atom stereocenters. The SMILES string of the molecule is O.O.O.O.P.[Na]. The van der Waals surface area contributed by atoms with Crippen LogP contribution in [0.25, 0.3) is 0 Å². The monoisotopic (exact) mass is 129 g/mol. The molecule has 0 aromatic heterocycles. The van der Waals surface area contributed by atoms with Crippen LogP contribution in [0.3, 0.4) is 0 Å². The summed E-state index contributed by atoms with van der Waals surface area (Å²) in [6.07, 6.45) is 0. The Morgan fingerprint density at radius 2 is 0.500 bits per heavy atom. The summed E-state index contributed by atoms with van der Waals surface area (Å²) in [5.41, 5.74) is 0. The van der Waals surface area contributed by atoms with Gasteiger partial charge in [-0.2, -0.15) is 9.90 Å². The minimum absolute atomic E-state index is 0. The Morgan fingerprint density at radius 1 is 0.500 bits per heavy atom. The minimum Gasteiger partial charge on any atom is -0.412 e. The van der Waals surface area contributed by atoms with Crippen molar-refractivity contribution in [1.82, 2.24) is 0 Å². The van der Waals surface area contributed by atoms with Gasteiger partial charge in [-0.3, -0.25) is 0 Å². The molecule has 0 aliphatic rings. The Labute approximate surface area is 61.5 Å². The number of hydrogen-bond acceptors (Lipinski definition) is 0. The molecule has 8 N–H and O–H groups in total. The van der Waals surface area contributed by atoms with Crippen molar-refractivity contribution >= 4 is 39.5 Å². The average Bonchev–Trinajstić information content (AvgIpc) is 0.